The Labute approximate surface area is 180 Å². The van der Waals surface area contributed by atoms with Gasteiger partial charge in [-0.2, -0.15) is 0 Å². The molecule has 4 rings (SSSR count). The van der Waals surface area contributed by atoms with Gasteiger partial charge in [-0.1, -0.05) is 19.9 Å². The molecule has 2 aliphatic heterocycles. The highest BCUT2D eigenvalue weighted by Crippen LogP contribution is 2.38. The molecule has 0 saturated carbocycles. The van der Waals surface area contributed by atoms with Crippen molar-refractivity contribution in [1.29, 1.82) is 0 Å². The van der Waals surface area contributed by atoms with Crippen LogP contribution in [0.3, 0.4) is 0 Å². The van der Waals surface area contributed by atoms with Gasteiger partial charge in [0.1, 0.15) is 5.70 Å². The van der Waals surface area contributed by atoms with E-state index < -0.39 is 0 Å². The standard InChI is InChI=1S/C23H25N3O3S/c1-14-11-15(2)13-25(12-14)21-20(19-5-4-10-30-19)22(28)26(23(21)29)18-8-6-17(7-9-18)24-16(3)27/h4-10,14-15H,11-13H2,1-3H3,(H,24,27). The van der Waals surface area contributed by atoms with E-state index in [9.17, 15) is 14.4 Å². The van der Waals surface area contributed by atoms with Crippen LogP contribution in [0.4, 0.5) is 11.4 Å². The number of imide groups is 1. The van der Waals surface area contributed by atoms with Crippen LogP contribution in [-0.4, -0.2) is 35.7 Å². The molecule has 2 atom stereocenters. The second kappa shape index (κ2) is 8.07. The molecule has 2 aliphatic rings. The summed E-state index contributed by atoms with van der Waals surface area (Å²) in [5.41, 5.74) is 2.12. The summed E-state index contributed by atoms with van der Waals surface area (Å²) in [6.45, 7) is 7.35. The molecule has 3 heterocycles. The Bertz CT molecular complexity index is 1000. The van der Waals surface area contributed by atoms with Crippen molar-refractivity contribution in [1.82, 2.24) is 4.90 Å². The predicted molar refractivity (Wildman–Crippen MR) is 119 cm³/mol. The smallest absolute Gasteiger partial charge is 0.282 e. The van der Waals surface area contributed by atoms with E-state index in [0.29, 0.717) is 34.5 Å². The van der Waals surface area contributed by atoms with E-state index in [-0.39, 0.29) is 17.7 Å². The Morgan fingerprint density at radius 1 is 1.03 bits per heavy atom. The highest BCUT2D eigenvalue weighted by Gasteiger charge is 2.44. The normalized spacial score (nSPS) is 22.1. The summed E-state index contributed by atoms with van der Waals surface area (Å²) in [6, 6.07) is 10.6. The Kier molecular flexibility index (Phi) is 5.47. The molecule has 30 heavy (non-hydrogen) atoms. The molecule has 0 radical (unpaired) electrons. The van der Waals surface area contributed by atoms with Crippen LogP contribution in [0.15, 0.2) is 47.5 Å². The minimum Gasteiger partial charge on any atom is -0.366 e. The van der Waals surface area contributed by atoms with Crippen LogP contribution in [0.2, 0.25) is 0 Å². The van der Waals surface area contributed by atoms with E-state index in [2.05, 4.69) is 24.1 Å². The van der Waals surface area contributed by atoms with Crippen LogP contribution < -0.4 is 10.2 Å². The van der Waals surface area contributed by atoms with Gasteiger partial charge in [-0.05, 0) is 54.0 Å². The van der Waals surface area contributed by atoms with Crippen molar-refractivity contribution < 1.29 is 14.4 Å². The number of thiophene rings is 1. The first-order valence-electron chi connectivity index (χ1n) is 10.1. The minimum absolute atomic E-state index is 0.173. The number of piperidine rings is 1. The molecule has 1 aromatic heterocycles. The molecule has 0 bridgehead atoms. The first-order valence-corrected chi connectivity index (χ1v) is 11.0. The maximum Gasteiger partial charge on any atom is 0.282 e. The lowest BCUT2D eigenvalue weighted by Gasteiger charge is -2.37. The first kappa shape index (κ1) is 20.3. The number of rotatable bonds is 4. The van der Waals surface area contributed by atoms with Gasteiger partial charge in [0, 0.05) is 30.6 Å². The van der Waals surface area contributed by atoms with Gasteiger partial charge in [-0.15, -0.1) is 11.3 Å². The van der Waals surface area contributed by atoms with E-state index in [1.165, 1.54) is 23.2 Å². The highest BCUT2D eigenvalue weighted by atomic mass is 32.1. The van der Waals surface area contributed by atoms with Crippen LogP contribution in [0.5, 0.6) is 0 Å². The summed E-state index contributed by atoms with van der Waals surface area (Å²) in [6.07, 6.45) is 1.12. The van der Waals surface area contributed by atoms with Gasteiger partial charge in [0.05, 0.1) is 11.3 Å². The molecule has 156 valence electrons. The van der Waals surface area contributed by atoms with Crippen LogP contribution in [-0.2, 0) is 14.4 Å². The number of hydrogen-bond acceptors (Lipinski definition) is 5. The molecule has 3 amide bonds. The molecule has 1 fully saturated rings. The largest absolute Gasteiger partial charge is 0.366 e. The van der Waals surface area contributed by atoms with Crippen molar-refractivity contribution in [3.63, 3.8) is 0 Å². The summed E-state index contributed by atoms with van der Waals surface area (Å²) in [4.78, 5) is 42.4. The zero-order valence-corrected chi connectivity index (χ0v) is 18.2. The molecule has 2 unspecified atom stereocenters. The average molecular weight is 424 g/mol. The second-order valence-electron chi connectivity index (χ2n) is 8.23. The fourth-order valence-electron chi connectivity index (χ4n) is 4.43. The van der Waals surface area contributed by atoms with E-state index in [1.807, 2.05) is 17.5 Å². The van der Waals surface area contributed by atoms with Crippen LogP contribution in [0.25, 0.3) is 5.57 Å². The minimum atomic E-state index is -0.296. The third kappa shape index (κ3) is 3.77. The average Bonchev–Trinajstić information content (AvgIpc) is 3.27. The summed E-state index contributed by atoms with van der Waals surface area (Å²) < 4.78 is 0. The fraction of sp³-hybridized carbons (Fsp3) is 0.348. The third-order valence-electron chi connectivity index (χ3n) is 5.46. The molecule has 7 heteroatoms. The quantitative estimate of drug-likeness (QED) is 0.756. The number of anilines is 2. The molecule has 0 spiro atoms. The van der Waals surface area contributed by atoms with Crippen molar-refractivity contribution in [3.8, 4) is 0 Å². The lowest BCUT2D eigenvalue weighted by molar-refractivity contribution is -0.121. The Morgan fingerprint density at radius 3 is 2.27 bits per heavy atom. The first-order chi connectivity index (χ1) is 14.3. The van der Waals surface area contributed by atoms with Gasteiger partial charge in [0.15, 0.2) is 0 Å². The SMILES string of the molecule is CC(=O)Nc1ccc(N2C(=O)C(c3cccs3)=C(N3CC(C)CC(C)C3)C2=O)cc1. The van der Waals surface area contributed by atoms with Crippen molar-refractivity contribution in [2.75, 3.05) is 23.3 Å². The number of nitrogens with one attached hydrogen (secondary N) is 1. The van der Waals surface area contributed by atoms with Gasteiger partial charge in [0.25, 0.3) is 11.8 Å². The number of carbonyl (C=O) groups is 3. The Balaban J connectivity index is 1.72. The summed E-state index contributed by atoms with van der Waals surface area (Å²) in [7, 11) is 0. The Morgan fingerprint density at radius 2 is 1.70 bits per heavy atom. The third-order valence-corrected chi connectivity index (χ3v) is 6.35. The van der Waals surface area contributed by atoms with Gasteiger partial charge < -0.3 is 10.2 Å². The highest BCUT2D eigenvalue weighted by molar-refractivity contribution is 7.11. The zero-order chi connectivity index (χ0) is 21.4. The number of nitrogens with zero attached hydrogens (tertiary/aromatic N) is 2. The monoisotopic (exact) mass is 423 g/mol. The molecule has 6 nitrogen and oxygen atoms in total. The van der Waals surface area contributed by atoms with Gasteiger partial charge >= 0.3 is 0 Å². The Hall–Kier alpha value is -2.93. The number of likely N-dealkylation sites (tertiary alicyclic amines) is 1. The van der Waals surface area contributed by atoms with Crippen LogP contribution >= 0.6 is 11.3 Å². The molecular weight excluding hydrogens is 398 g/mol. The van der Waals surface area contributed by atoms with Crippen LogP contribution in [0, 0.1) is 11.8 Å². The van der Waals surface area contributed by atoms with Crippen molar-refractivity contribution in [2.45, 2.75) is 27.2 Å². The number of benzene rings is 1. The second-order valence-corrected chi connectivity index (χ2v) is 9.17. The molecule has 1 N–H and O–H groups in total. The summed E-state index contributed by atoms with van der Waals surface area (Å²) >= 11 is 1.47. The maximum atomic E-state index is 13.5. The molecule has 2 aromatic rings. The lowest BCUT2D eigenvalue weighted by atomic mass is 9.91. The van der Waals surface area contributed by atoms with E-state index >= 15 is 0 Å². The lowest BCUT2D eigenvalue weighted by Crippen LogP contribution is -2.42. The predicted octanol–water partition coefficient (Wildman–Crippen LogP) is 3.97. The van der Waals surface area contributed by atoms with Gasteiger partial charge in [-0.3, -0.25) is 14.4 Å². The van der Waals surface area contributed by atoms with Gasteiger partial charge in [0.2, 0.25) is 5.91 Å². The molecule has 0 aliphatic carbocycles. The number of hydrogen-bond donors (Lipinski definition) is 1. The zero-order valence-electron chi connectivity index (χ0n) is 17.3. The van der Waals surface area contributed by atoms with Crippen molar-refractivity contribution >= 4 is 46.0 Å². The fourth-order valence-corrected chi connectivity index (χ4v) is 5.19. The summed E-state index contributed by atoms with van der Waals surface area (Å²) in [5, 5.41) is 4.62. The summed E-state index contributed by atoms with van der Waals surface area (Å²) in [5.74, 6) is 0.167. The molecular formula is C23H25N3O3S. The van der Waals surface area contributed by atoms with E-state index in [1.54, 1.807) is 24.3 Å². The van der Waals surface area contributed by atoms with Crippen molar-refractivity contribution in [2.24, 2.45) is 11.8 Å². The van der Waals surface area contributed by atoms with Crippen molar-refractivity contribution in [3.05, 3.63) is 52.4 Å². The van der Waals surface area contributed by atoms with Crippen LogP contribution in [0.1, 0.15) is 32.1 Å². The van der Waals surface area contributed by atoms with E-state index in [0.717, 1.165) is 24.4 Å². The molecule has 1 saturated heterocycles. The molecule has 1 aromatic carbocycles. The topological polar surface area (TPSA) is 69.7 Å². The maximum absolute atomic E-state index is 13.5. The van der Waals surface area contributed by atoms with E-state index in [4.69, 9.17) is 0 Å². The van der Waals surface area contributed by atoms with Gasteiger partial charge in [-0.25, -0.2) is 4.90 Å². The number of amides is 3. The number of carbonyl (C=O) groups excluding carboxylic acids is 3.